The molecule has 3 rings (SSSR count). The van der Waals surface area contributed by atoms with Gasteiger partial charge < -0.3 is 0 Å². The Hall–Kier alpha value is -1.39. The molecule has 0 saturated heterocycles. The van der Waals surface area contributed by atoms with Gasteiger partial charge in [-0.15, -0.1) is 0 Å². The first-order valence-corrected chi connectivity index (χ1v) is 5.57. The molecule has 3 nitrogen and oxygen atoms in total. The molecule has 0 N–H and O–H groups in total. The van der Waals surface area contributed by atoms with E-state index in [0.29, 0.717) is 0 Å². The smallest absolute Gasteiger partial charge is 0.195 e. The van der Waals surface area contributed by atoms with Gasteiger partial charge in [-0.25, -0.2) is 4.98 Å². The lowest BCUT2D eigenvalue weighted by Gasteiger charge is -1.92. The van der Waals surface area contributed by atoms with E-state index in [1.54, 1.807) is 12.4 Å². The number of halogens is 1. The van der Waals surface area contributed by atoms with Crippen LogP contribution >= 0.6 is 22.9 Å². The minimum absolute atomic E-state index is 0.749. The molecule has 0 spiro atoms. The van der Waals surface area contributed by atoms with E-state index in [0.717, 1.165) is 20.6 Å². The van der Waals surface area contributed by atoms with Gasteiger partial charge in [-0.3, -0.25) is 9.38 Å². The largest absolute Gasteiger partial charge is 0.296 e. The molecule has 3 aromatic heterocycles. The predicted octanol–water partition coefficient (Wildman–Crippen LogP) is 3.11. The minimum Gasteiger partial charge on any atom is -0.296 e. The van der Waals surface area contributed by atoms with Gasteiger partial charge >= 0.3 is 0 Å². The molecule has 15 heavy (non-hydrogen) atoms. The molecular weight excluding hydrogens is 230 g/mol. The fourth-order valence-electron chi connectivity index (χ4n) is 1.43. The molecular formula is C10H6ClN3S. The maximum absolute atomic E-state index is 5.87. The van der Waals surface area contributed by atoms with E-state index in [2.05, 4.69) is 9.97 Å². The van der Waals surface area contributed by atoms with Crippen molar-refractivity contribution in [1.82, 2.24) is 14.4 Å². The zero-order valence-electron chi connectivity index (χ0n) is 7.59. The van der Waals surface area contributed by atoms with E-state index in [4.69, 9.17) is 11.6 Å². The monoisotopic (exact) mass is 235 g/mol. The Balaban J connectivity index is 2.16. The van der Waals surface area contributed by atoms with Crippen molar-refractivity contribution < 1.29 is 0 Å². The van der Waals surface area contributed by atoms with Crippen molar-refractivity contribution in [1.29, 1.82) is 0 Å². The van der Waals surface area contributed by atoms with E-state index in [-0.39, 0.29) is 0 Å². The van der Waals surface area contributed by atoms with Crippen molar-refractivity contribution in [3.05, 3.63) is 41.3 Å². The number of nitrogens with zero attached hydrogens (tertiary/aromatic N) is 3. The summed E-state index contributed by atoms with van der Waals surface area (Å²) in [5.74, 6) is 0. The van der Waals surface area contributed by atoms with Gasteiger partial charge in [-0.05, 0) is 12.1 Å². The summed E-state index contributed by atoms with van der Waals surface area (Å²) in [6, 6.07) is 3.88. The van der Waals surface area contributed by atoms with Crippen LogP contribution < -0.4 is 0 Å². The van der Waals surface area contributed by atoms with Gasteiger partial charge in [0.2, 0.25) is 0 Å². The summed E-state index contributed by atoms with van der Waals surface area (Å²) in [6.45, 7) is 0. The Morgan fingerprint density at radius 1 is 1.20 bits per heavy atom. The zero-order valence-corrected chi connectivity index (χ0v) is 9.16. The highest BCUT2D eigenvalue weighted by atomic mass is 35.5. The number of hydrogen-bond donors (Lipinski definition) is 0. The lowest BCUT2D eigenvalue weighted by molar-refractivity contribution is 1.23. The number of fused-ring (bicyclic) bond motifs is 1. The Kier molecular flexibility index (Phi) is 1.97. The Bertz CT molecular complexity index is 568. The van der Waals surface area contributed by atoms with Crippen LogP contribution in [0, 0.1) is 0 Å². The van der Waals surface area contributed by atoms with Crippen molar-refractivity contribution in [2.45, 2.75) is 0 Å². The highest BCUT2D eigenvalue weighted by Gasteiger charge is 2.06. The molecule has 0 amide bonds. The molecule has 0 aliphatic heterocycles. The molecule has 5 heteroatoms. The summed E-state index contributed by atoms with van der Waals surface area (Å²) in [4.78, 5) is 9.36. The summed E-state index contributed by atoms with van der Waals surface area (Å²) < 4.78 is 2.68. The second-order valence-electron chi connectivity index (χ2n) is 3.09. The summed E-state index contributed by atoms with van der Waals surface area (Å²) in [7, 11) is 0. The maximum atomic E-state index is 5.87. The van der Waals surface area contributed by atoms with Crippen LogP contribution in [0.25, 0.3) is 16.2 Å². The molecule has 0 aromatic carbocycles. The molecule has 0 radical (unpaired) electrons. The molecule has 0 atom stereocenters. The van der Waals surface area contributed by atoms with Crippen LogP contribution in [-0.4, -0.2) is 14.4 Å². The van der Waals surface area contributed by atoms with Crippen LogP contribution in [0.3, 0.4) is 0 Å². The van der Waals surface area contributed by atoms with Crippen molar-refractivity contribution in [2.75, 3.05) is 0 Å². The summed E-state index contributed by atoms with van der Waals surface area (Å²) in [6.07, 6.45) is 7.35. The summed E-state index contributed by atoms with van der Waals surface area (Å²) in [5, 5.41) is 0. The number of thiazole rings is 1. The highest BCUT2D eigenvalue weighted by Crippen LogP contribution is 2.25. The van der Waals surface area contributed by atoms with E-state index in [1.807, 2.05) is 28.9 Å². The van der Waals surface area contributed by atoms with Crippen molar-refractivity contribution in [3.8, 4) is 11.3 Å². The van der Waals surface area contributed by atoms with Crippen molar-refractivity contribution in [2.24, 2.45) is 0 Å². The van der Waals surface area contributed by atoms with Gasteiger partial charge in [0.25, 0.3) is 0 Å². The standard InChI is InChI=1S/C10H6ClN3S/c11-9-6-14-5-8(13-10(14)15-9)7-1-3-12-4-2-7/h1-6H. The maximum Gasteiger partial charge on any atom is 0.195 e. The first-order chi connectivity index (χ1) is 7.33. The van der Waals surface area contributed by atoms with Crippen LogP contribution in [-0.2, 0) is 0 Å². The SMILES string of the molecule is Clc1cn2cc(-c3ccncc3)nc2s1. The first-order valence-electron chi connectivity index (χ1n) is 4.37. The third-order valence-corrected chi connectivity index (χ3v) is 3.22. The van der Waals surface area contributed by atoms with Crippen LogP contribution in [0.5, 0.6) is 0 Å². The van der Waals surface area contributed by atoms with E-state index < -0.39 is 0 Å². The van der Waals surface area contributed by atoms with Gasteiger partial charge in [-0.2, -0.15) is 0 Å². The fourth-order valence-corrected chi connectivity index (χ4v) is 2.44. The number of imidazole rings is 1. The van der Waals surface area contributed by atoms with Crippen LogP contribution in [0.15, 0.2) is 36.9 Å². The average Bonchev–Trinajstić information content (AvgIpc) is 2.76. The summed E-state index contributed by atoms with van der Waals surface area (Å²) in [5.41, 5.74) is 2.01. The highest BCUT2D eigenvalue weighted by molar-refractivity contribution is 7.20. The Morgan fingerprint density at radius 3 is 2.73 bits per heavy atom. The average molecular weight is 236 g/mol. The minimum atomic E-state index is 0.749. The van der Waals surface area contributed by atoms with Gasteiger partial charge in [0.05, 0.1) is 5.69 Å². The van der Waals surface area contributed by atoms with E-state index >= 15 is 0 Å². The topological polar surface area (TPSA) is 30.2 Å². The van der Waals surface area contributed by atoms with Crippen LogP contribution in [0.1, 0.15) is 0 Å². The van der Waals surface area contributed by atoms with Crippen LogP contribution in [0.4, 0.5) is 0 Å². The second kappa shape index (κ2) is 3.32. The third kappa shape index (κ3) is 1.52. The fraction of sp³-hybridized carbons (Fsp3) is 0. The van der Waals surface area contributed by atoms with Crippen LogP contribution in [0.2, 0.25) is 4.34 Å². The number of pyridine rings is 1. The molecule has 0 aliphatic rings. The van der Waals surface area contributed by atoms with Crippen molar-refractivity contribution >= 4 is 27.9 Å². The second-order valence-corrected chi connectivity index (χ2v) is 4.73. The van der Waals surface area contributed by atoms with E-state index in [9.17, 15) is 0 Å². The number of rotatable bonds is 1. The molecule has 0 bridgehead atoms. The van der Waals surface area contributed by atoms with Gasteiger partial charge in [0.1, 0.15) is 4.34 Å². The molecule has 0 fully saturated rings. The van der Waals surface area contributed by atoms with Crippen molar-refractivity contribution in [3.63, 3.8) is 0 Å². The predicted molar refractivity (Wildman–Crippen MR) is 61.3 cm³/mol. The Morgan fingerprint density at radius 2 is 2.00 bits per heavy atom. The lowest BCUT2D eigenvalue weighted by Crippen LogP contribution is -1.76. The normalized spacial score (nSPS) is 11.0. The first kappa shape index (κ1) is 8.88. The van der Waals surface area contributed by atoms with Gasteiger partial charge in [0, 0.05) is 30.4 Å². The molecule has 3 heterocycles. The zero-order chi connectivity index (χ0) is 10.3. The molecule has 0 aliphatic carbocycles. The quantitative estimate of drug-likeness (QED) is 0.649. The van der Waals surface area contributed by atoms with Gasteiger partial charge in [0.15, 0.2) is 4.96 Å². The molecule has 0 unspecified atom stereocenters. The van der Waals surface area contributed by atoms with E-state index in [1.165, 1.54) is 11.3 Å². The third-order valence-electron chi connectivity index (χ3n) is 2.10. The lowest BCUT2D eigenvalue weighted by atomic mass is 10.2. The molecule has 0 saturated carbocycles. The molecule has 74 valence electrons. The number of hydrogen-bond acceptors (Lipinski definition) is 3. The number of aromatic nitrogens is 3. The molecule has 3 aromatic rings. The van der Waals surface area contributed by atoms with Gasteiger partial charge in [-0.1, -0.05) is 22.9 Å². The Labute approximate surface area is 95.0 Å². The summed E-state index contributed by atoms with van der Waals surface area (Å²) >= 11 is 7.34.